The molecule has 2 heteroatoms. The van der Waals surface area contributed by atoms with Crippen LogP contribution in [0.2, 0.25) is 0 Å². The van der Waals surface area contributed by atoms with Crippen LogP contribution in [0, 0.1) is 7.05 Å². The van der Waals surface area contributed by atoms with E-state index >= 15 is 0 Å². The maximum absolute atomic E-state index is 3.91. The molecule has 0 N–H and O–H groups in total. The van der Waals surface area contributed by atoms with E-state index in [0.29, 0.717) is 0 Å². The molecule has 0 aliphatic carbocycles. The Kier molecular flexibility index (Phi) is 2.44. The van der Waals surface area contributed by atoms with Gasteiger partial charge in [-0.1, -0.05) is 0 Å². The first-order chi connectivity index (χ1) is 3.42. The first kappa shape index (κ1) is 7.92. The van der Waals surface area contributed by atoms with Gasteiger partial charge in [0.05, 0.1) is 0 Å². The third kappa shape index (κ3) is 5.92. The van der Waals surface area contributed by atoms with Gasteiger partial charge in [0.1, 0.15) is 6.67 Å². The number of rotatable bonds is 2. The molecule has 0 heterocycles. The van der Waals surface area contributed by atoms with Crippen LogP contribution < -0.4 is 0 Å². The van der Waals surface area contributed by atoms with E-state index < -0.39 is 0 Å². The van der Waals surface area contributed by atoms with E-state index in [1.807, 2.05) is 14.1 Å². The summed E-state index contributed by atoms with van der Waals surface area (Å²) in [6.07, 6.45) is 0. The molecule has 0 aliphatic rings. The van der Waals surface area contributed by atoms with Crippen LogP contribution >= 0.6 is 0 Å². The zero-order chi connectivity index (χ0) is 6.78. The van der Waals surface area contributed by atoms with Crippen molar-refractivity contribution in [1.82, 2.24) is 4.90 Å². The van der Waals surface area contributed by atoms with Crippen LogP contribution in [-0.4, -0.2) is 44.2 Å². The summed E-state index contributed by atoms with van der Waals surface area (Å²) < 4.78 is 0.757. The fourth-order valence-electron chi connectivity index (χ4n) is 0.766. The standard InChI is InChI=1S/C6H16N2/c1-7(2)6-8(3,4)5/h3,6H2,1-2,4-5H3. The smallest absolute Gasteiger partial charge is 0.109 e. The van der Waals surface area contributed by atoms with Crippen molar-refractivity contribution in [2.24, 2.45) is 0 Å². The van der Waals surface area contributed by atoms with Crippen LogP contribution in [0.15, 0.2) is 0 Å². The third-order valence-corrected chi connectivity index (χ3v) is 0.666. The van der Waals surface area contributed by atoms with Gasteiger partial charge in [0, 0.05) is 14.1 Å². The van der Waals surface area contributed by atoms with E-state index in [0.717, 1.165) is 11.2 Å². The third-order valence-electron chi connectivity index (χ3n) is 0.666. The Morgan fingerprint density at radius 1 is 1.38 bits per heavy atom. The normalized spacial score (nSPS) is 12.8. The molecule has 0 aromatic heterocycles. The van der Waals surface area contributed by atoms with Gasteiger partial charge in [-0.3, -0.25) is 4.90 Å². The lowest BCUT2D eigenvalue weighted by Gasteiger charge is -2.35. The lowest BCUT2D eigenvalue weighted by Crippen LogP contribution is -2.40. The summed E-state index contributed by atoms with van der Waals surface area (Å²) in [4.78, 5) is 2.12. The second kappa shape index (κ2) is 2.46. The van der Waals surface area contributed by atoms with Crippen molar-refractivity contribution >= 4 is 0 Å². The molecule has 0 aromatic carbocycles. The predicted octanol–water partition coefficient (Wildman–Crippen LogP) is 0.373. The van der Waals surface area contributed by atoms with Crippen molar-refractivity contribution in [2.75, 3.05) is 34.9 Å². The minimum absolute atomic E-state index is 0.757. The molecule has 8 heavy (non-hydrogen) atoms. The summed E-state index contributed by atoms with van der Waals surface area (Å²) in [5.74, 6) is 0. The van der Waals surface area contributed by atoms with Gasteiger partial charge >= 0.3 is 0 Å². The summed E-state index contributed by atoms with van der Waals surface area (Å²) >= 11 is 0. The van der Waals surface area contributed by atoms with Crippen LogP contribution in [-0.2, 0) is 0 Å². The molecule has 0 aliphatic heterocycles. The summed E-state index contributed by atoms with van der Waals surface area (Å²) in [5.41, 5.74) is 0. The predicted molar refractivity (Wildman–Crippen MR) is 36.0 cm³/mol. The molecule has 0 amide bonds. The lowest BCUT2D eigenvalue weighted by atomic mass is 10.6. The number of hydrogen-bond acceptors (Lipinski definition) is 1. The molecule has 0 rings (SSSR count). The Labute approximate surface area is 52.3 Å². The van der Waals surface area contributed by atoms with Gasteiger partial charge in [0.25, 0.3) is 0 Å². The highest BCUT2D eigenvalue weighted by atomic mass is 15.4. The van der Waals surface area contributed by atoms with Gasteiger partial charge in [-0.2, -0.15) is 0 Å². The lowest BCUT2D eigenvalue weighted by molar-refractivity contribution is -0.855. The van der Waals surface area contributed by atoms with Gasteiger partial charge in [0.2, 0.25) is 0 Å². The molecule has 0 atom stereocenters. The Morgan fingerprint density at radius 2 is 1.75 bits per heavy atom. The molecule has 0 bridgehead atoms. The maximum atomic E-state index is 3.91. The summed E-state index contributed by atoms with van der Waals surface area (Å²) in [7, 11) is 12.1. The highest BCUT2D eigenvalue weighted by Crippen LogP contribution is 1.91. The average molecular weight is 116 g/mol. The van der Waals surface area contributed by atoms with Gasteiger partial charge < -0.3 is 4.48 Å². The van der Waals surface area contributed by atoms with E-state index in [9.17, 15) is 0 Å². The SMILES string of the molecule is [CH2-][N+](C)(C)CN(C)C. The highest BCUT2D eigenvalue weighted by Gasteiger charge is 1.99. The van der Waals surface area contributed by atoms with Gasteiger partial charge in [-0.05, 0) is 14.1 Å². The van der Waals surface area contributed by atoms with Crippen LogP contribution in [0.4, 0.5) is 0 Å². The van der Waals surface area contributed by atoms with Gasteiger partial charge in [0.15, 0.2) is 0 Å². The van der Waals surface area contributed by atoms with Crippen LogP contribution in [0.5, 0.6) is 0 Å². The molecule has 0 fully saturated rings. The monoisotopic (exact) mass is 116 g/mol. The fraction of sp³-hybridized carbons (Fsp3) is 0.833. The first-order valence-corrected chi connectivity index (χ1v) is 2.74. The van der Waals surface area contributed by atoms with E-state index in [1.54, 1.807) is 0 Å². The maximum Gasteiger partial charge on any atom is 0.109 e. The van der Waals surface area contributed by atoms with Crippen LogP contribution in [0.1, 0.15) is 0 Å². The number of quaternary nitrogens is 1. The van der Waals surface area contributed by atoms with Crippen molar-refractivity contribution < 1.29 is 4.48 Å². The summed E-state index contributed by atoms with van der Waals surface area (Å²) in [6.45, 7) is 0.986. The average Bonchev–Trinajstić information content (AvgIpc) is 1.21. The Balaban J connectivity index is 3.39. The van der Waals surface area contributed by atoms with E-state index in [1.165, 1.54) is 0 Å². The van der Waals surface area contributed by atoms with Crippen molar-refractivity contribution in [3.05, 3.63) is 7.05 Å². The zero-order valence-corrected chi connectivity index (χ0v) is 6.31. The highest BCUT2D eigenvalue weighted by molar-refractivity contribution is 4.26. The largest absolute Gasteiger partial charge is 0.449 e. The summed E-state index contributed by atoms with van der Waals surface area (Å²) in [6, 6.07) is 0. The molecule has 0 unspecified atom stereocenters. The van der Waals surface area contributed by atoms with Gasteiger partial charge in [-0.15, -0.1) is 7.05 Å². The number of nitrogens with zero attached hydrogens (tertiary/aromatic N) is 2. The number of hydrogen-bond donors (Lipinski definition) is 0. The Bertz CT molecular complexity index is 61.4. The minimum atomic E-state index is 0.757. The van der Waals surface area contributed by atoms with Crippen LogP contribution in [0.3, 0.4) is 0 Å². The zero-order valence-electron chi connectivity index (χ0n) is 6.31. The molecule has 2 nitrogen and oxygen atoms in total. The molecule has 0 aromatic rings. The molecule has 0 spiro atoms. The molecule has 0 radical (unpaired) electrons. The topological polar surface area (TPSA) is 3.24 Å². The molecule has 50 valence electrons. The van der Waals surface area contributed by atoms with Crippen molar-refractivity contribution in [1.29, 1.82) is 0 Å². The van der Waals surface area contributed by atoms with Crippen molar-refractivity contribution in [3.8, 4) is 0 Å². The minimum Gasteiger partial charge on any atom is -0.449 e. The molecule has 0 saturated heterocycles. The van der Waals surface area contributed by atoms with E-state index in [-0.39, 0.29) is 0 Å². The fourth-order valence-corrected chi connectivity index (χ4v) is 0.766. The van der Waals surface area contributed by atoms with E-state index in [2.05, 4.69) is 26.0 Å². The second-order valence-corrected chi connectivity index (χ2v) is 3.16. The van der Waals surface area contributed by atoms with Crippen molar-refractivity contribution in [3.63, 3.8) is 0 Å². The van der Waals surface area contributed by atoms with Crippen molar-refractivity contribution in [2.45, 2.75) is 0 Å². The molecular formula is C6H16N2. The molecule has 0 saturated carbocycles. The Morgan fingerprint density at radius 3 is 1.75 bits per heavy atom. The second-order valence-electron chi connectivity index (χ2n) is 3.16. The van der Waals surface area contributed by atoms with Gasteiger partial charge in [-0.25, -0.2) is 0 Å². The summed E-state index contributed by atoms with van der Waals surface area (Å²) in [5, 5.41) is 0. The Hall–Kier alpha value is -0.0800. The van der Waals surface area contributed by atoms with E-state index in [4.69, 9.17) is 0 Å². The quantitative estimate of drug-likeness (QED) is 0.286. The first-order valence-electron chi connectivity index (χ1n) is 2.74. The molecular weight excluding hydrogens is 100 g/mol. The van der Waals surface area contributed by atoms with Crippen LogP contribution in [0.25, 0.3) is 0 Å².